The first kappa shape index (κ1) is 17.7. The van der Waals surface area contributed by atoms with E-state index in [9.17, 15) is 5.11 Å². The first-order valence-electron chi connectivity index (χ1n) is 9.92. The lowest BCUT2D eigenvalue weighted by Gasteiger charge is -2.24. The first-order chi connectivity index (χ1) is 12.8. The van der Waals surface area contributed by atoms with Crippen molar-refractivity contribution < 1.29 is 9.84 Å². The van der Waals surface area contributed by atoms with Crippen molar-refractivity contribution in [3.05, 3.63) is 36.0 Å². The molecule has 5 nitrogen and oxygen atoms in total. The molecule has 4 rings (SSSR count). The van der Waals surface area contributed by atoms with Gasteiger partial charge in [-0.15, -0.1) is 0 Å². The Hall–Kier alpha value is -1.69. The van der Waals surface area contributed by atoms with Crippen molar-refractivity contribution in [2.45, 2.75) is 37.6 Å². The van der Waals surface area contributed by atoms with Crippen LogP contribution < -0.4 is 10.1 Å². The number of hydrogen-bond donors (Lipinski definition) is 2. The Kier molecular flexibility index (Phi) is 5.68. The highest BCUT2D eigenvalue weighted by Crippen LogP contribution is 2.32. The zero-order valence-electron chi connectivity index (χ0n) is 15.4. The number of fused-ring (bicyclic) bond motifs is 1. The van der Waals surface area contributed by atoms with E-state index in [-0.39, 0.29) is 6.61 Å². The molecule has 2 aliphatic heterocycles. The van der Waals surface area contributed by atoms with Crippen LogP contribution in [0.3, 0.4) is 0 Å². The van der Waals surface area contributed by atoms with E-state index in [0.717, 1.165) is 43.9 Å². The molecule has 2 aromatic rings. The largest absolute Gasteiger partial charge is 0.492 e. The van der Waals surface area contributed by atoms with Gasteiger partial charge in [-0.1, -0.05) is 0 Å². The van der Waals surface area contributed by atoms with Crippen LogP contribution in [0.1, 0.15) is 37.2 Å². The summed E-state index contributed by atoms with van der Waals surface area (Å²) < 4.78 is 5.98. The zero-order valence-corrected chi connectivity index (χ0v) is 15.4. The van der Waals surface area contributed by atoms with Crippen LogP contribution in [0, 0.1) is 0 Å². The lowest BCUT2D eigenvalue weighted by Crippen LogP contribution is -2.35. The molecule has 0 bridgehead atoms. The maximum absolute atomic E-state index is 9.41. The molecule has 2 saturated heterocycles. The molecule has 26 heavy (non-hydrogen) atoms. The smallest absolute Gasteiger partial charge is 0.121 e. The number of hydrogen-bond acceptors (Lipinski definition) is 5. The van der Waals surface area contributed by atoms with Gasteiger partial charge >= 0.3 is 0 Å². The summed E-state index contributed by atoms with van der Waals surface area (Å²) in [6.45, 7) is 5.02. The summed E-state index contributed by atoms with van der Waals surface area (Å²) >= 11 is 0. The van der Waals surface area contributed by atoms with Crippen molar-refractivity contribution in [2.75, 3.05) is 39.4 Å². The second kappa shape index (κ2) is 8.33. The number of nitrogens with zero attached hydrogens (tertiary/aromatic N) is 2. The lowest BCUT2D eigenvalue weighted by atomic mass is 9.88. The van der Waals surface area contributed by atoms with Crippen LogP contribution in [-0.4, -0.2) is 60.4 Å². The first-order valence-corrected chi connectivity index (χ1v) is 9.92. The standard InChI is InChI=1S/C21H29N3O2/c25-15-17-2-1-11-24(17)12-13-26-18-3-4-20-19(7-10-23-21(20)14-18)16-5-8-22-9-6-16/h3-4,7,10,14,16-17,22,25H,1-2,5-6,8-9,11-13,15H2/t17-/m0/s1. The van der Waals surface area contributed by atoms with Gasteiger partial charge in [-0.05, 0) is 75.0 Å². The van der Waals surface area contributed by atoms with Crippen LogP contribution in [0.4, 0.5) is 0 Å². The quantitative estimate of drug-likeness (QED) is 0.834. The molecule has 1 aromatic heterocycles. The molecule has 3 heterocycles. The minimum Gasteiger partial charge on any atom is -0.492 e. The molecule has 1 atom stereocenters. The molecule has 2 fully saturated rings. The lowest BCUT2D eigenvalue weighted by molar-refractivity contribution is 0.139. The molecule has 0 saturated carbocycles. The van der Waals surface area contributed by atoms with Crippen molar-refractivity contribution in [3.63, 3.8) is 0 Å². The van der Waals surface area contributed by atoms with Gasteiger partial charge in [0.2, 0.25) is 0 Å². The second-order valence-electron chi connectivity index (χ2n) is 7.47. The monoisotopic (exact) mass is 355 g/mol. The number of likely N-dealkylation sites (tertiary alicyclic amines) is 1. The summed E-state index contributed by atoms with van der Waals surface area (Å²) in [5.41, 5.74) is 2.44. The SMILES string of the molecule is OC[C@@H]1CCCN1CCOc1ccc2c(C3CCNCC3)ccnc2c1. The third-order valence-electron chi connectivity index (χ3n) is 5.88. The third-order valence-corrected chi connectivity index (χ3v) is 5.88. The summed E-state index contributed by atoms with van der Waals surface area (Å²) in [6, 6.07) is 8.79. The number of nitrogens with one attached hydrogen (secondary N) is 1. The number of rotatable bonds is 6. The van der Waals surface area contributed by atoms with Gasteiger partial charge < -0.3 is 15.2 Å². The van der Waals surface area contributed by atoms with E-state index in [4.69, 9.17) is 4.74 Å². The predicted molar refractivity (Wildman–Crippen MR) is 104 cm³/mol. The Labute approximate surface area is 155 Å². The van der Waals surface area contributed by atoms with Gasteiger partial charge in [-0.25, -0.2) is 0 Å². The van der Waals surface area contributed by atoms with Gasteiger partial charge in [0.25, 0.3) is 0 Å². The molecule has 2 N–H and O–H groups in total. The van der Waals surface area contributed by atoms with E-state index in [2.05, 4.69) is 39.5 Å². The van der Waals surface area contributed by atoms with Gasteiger partial charge in [-0.2, -0.15) is 0 Å². The van der Waals surface area contributed by atoms with Crippen molar-refractivity contribution >= 4 is 10.9 Å². The number of benzene rings is 1. The van der Waals surface area contributed by atoms with Crippen LogP contribution in [0.15, 0.2) is 30.5 Å². The molecule has 1 aromatic carbocycles. The van der Waals surface area contributed by atoms with Crippen molar-refractivity contribution in [1.29, 1.82) is 0 Å². The van der Waals surface area contributed by atoms with E-state index >= 15 is 0 Å². The fraction of sp³-hybridized carbons (Fsp3) is 0.571. The topological polar surface area (TPSA) is 57.6 Å². The number of aliphatic hydroxyl groups is 1. The molecule has 0 aliphatic carbocycles. The highest BCUT2D eigenvalue weighted by Gasteiger charge is 2.23. The maximum Gasteiger partial charge on any atom is 0.121 e. The molecule has 0 unspecified atom stereocenters. The van der Waals surface area contributed by atoms with Gasteiger partial charge in [0, 0.05) is 30.2 Å². The average molecular weight is 355 g/mol. The van der Waals surface area contributed by atoms with Crippen LogP contribution in [-0.2, 0) is 0 Å². The Morgan fingerprint density at radius 3 is 2.92 bits per heavy atom. The molecule has 5 heteroatoms. The van der Waals surface area contributed by atoms with Crippen LogP contribution in [0.2, 0.25) is 0 Å². The minimum atomic E-state index is 0.249. The highest BCUT2D eigenvalue weighted by atomic mass is 16.5. The van der Waals surface area contributed by atoms with Crippen molar-refractivity contribution in [1.82, 2.24) is 15.2 Å². The Balaban J connectivity index is 1.42. The van der Waals surface area contributed by atoms with E-state index in [1.54, 1.807) is 0 Å². The van der Waals surface area contributed by atoms with Gasteiger partial charge in [0.05, 0.1) is 12.1 Å². The zero-order chi connectivity index (χ0) is 17.8. The summed E-state index contributed by atoms with van der Waals surface area (Å²) in [6.07, 6.45) is 6.58. The Morgan fingerprint density at radius 1 is 1.19 bits per heavy atom. The van der Waals surface area contributed by atoms with Crippen molar-refractivity contribution in [3.8, 4) is 5.75 Å². The van der Waals surface area contributed by atoms with Crippen LogP contribution in [0.5, 0.6) is 5.75 Å². The summed E-state index contributed by atoms with van der Waals surface area (Å²) in [5, 5.41) is 14.1. The van der Waals surface area contributed by atoms with Crippen LogP contribution in [0.25, 0.3) is 10.9 Å². The molecule has 0 spiro atoms. The second-order valence-corrected chi connectivity index (χ2v) is 7.47. The average Bonchev–Trinajstić information content (AvgIpc) is 3.15. The molecule has 0 amide bonds. The van der Waals surface area contributed by atoms with E-state index in [1.165, 1.54) is 30.2 Å². The van der Waals surface area contributed by atoms with E-state index < -0.39 is 0 Å². The number of piperidine rings is 1. The van der Waals surface area contributed by atoms with Crippen molar-refractivity contribution in [2.24, 2.45) is 0 Å². The molecule has 140 valence electrons. The Bertz CT molecular complexity index is 730. The molecular formula is C21H29N3O2. The number of aromatic nitrogens is 1. The molecule has 0 radical (unpaired) electrons. The third kappa shape index (κ3) is 3.85. The highest BCUT2D eigenvalue weighted by molar-refractivity contribution is 5.83. The van der Waals surface area contributed by atoms with Gasteiger partial charge in [-0.3, -0.25) is 9.88 Å². The van der Waals surface area contributed by atoms with E-state index in [1.807, 2.05) is 6.20 Å². The fourth-order valence-corrected chi connectivity index (χ4v) is 4.41. The summed E-state index contributed by atoms with van der Waals surface area (Å²) in [5.74, 6) is 1.51. The predicted octanol–water partition coefficient (Wildman–Crippen LogP) is 2.54. The normalized spacial score (nSPS) is 22.1. The Morgan fingerprint density at radius 2 is 2.08 bits per heavy atom. The number of aliphatic hydroxyl groups excluding tert-OH is 1. The summed E-state index contributed by atoms with van der Waals surface area (Å²) in [7, 11) is 0. The fourth-order valence-electron chi connectivity index (χ4n) is 4.41. The maximum atomic E-state index is 9.41. The number of ether oxygens (including phenoxy) is 1. The van der Waals surface area contributed by atoms with Gasteiger partial charge in [0.1, 0.15) is 12.4 Å². The van der Waals surface area contributed by atoms with Crippen LogP contribution >= 0.6 is 0 Å². The molecule has 2 aliphatic rings. The van der Waals surface area contributed by atoms with Gasteiger partial charge in [0.15, 0.2) is 0 Å². The summed E-state index contributed by atoms with van der Waals surface area (Å²) in [4.78, 5) is 6.90. The minimum absolute atomic E-state index is 0.249. The van der Waals surface area contributed by atoms with E-state index in [0.29, 0.717) is 18.6 Å². The molecular weight excluding hydrogens is 326 g/mol. The number of pyridine rings is 1.